The van der Waals surface area contributed by atoms with Crippen LogP contribution in [-0.4, -0.2) is 65.3 Å². The molecule has 2 aliphatic heterocycles. The zero-order chi connectivity index (χ0) is 20.4. The number of fused-ring (bicyclic) bond motifs is 1. The number of nitrogens with two attached hydrogens (primary N) is 1. The fourth-order valence-corrected chi connectivity index (χ4v) is 4.09. The molecule has 1 aromatic carbocycles. The molecular formula is C21H24FN5O2. The average molecular weight is 397 g/mol. The van der Waals surface area contributed by atoms with Crippen LogP contribution in [0.5, 0.6) is 5.75 Å². The molecule has 2 aliphatic rings. The lowest BCUT2D eigenvalue weighted by atomic mass is 10.1. The molecule has 29 heavy (non-hydrogen) atoms. The first-order chi connectivity index (χ1) is 14.0. The van der Waals surface area contributed by atoms with Crippen LogP contribution in [0.4, 0.5) is 4.39 Å². The van der Waals surface area contributed by atoms with Gasteiger partial charge in [0.2, 0.25) is 5.91 Å². The zero-order valence-electron chi connectivity index (χ0n) is 16.1. The quantitative estimate of drug-likeness (QED) is 0.845. The highest BCUT2D eigenvalue weighted by Crippen LogP contribution is 2.28. The molecule has 1 aromatic heterocycles. The lowest BCUT2D eigenvalue weighted by Gasteiger charge is -2.33. The lowest BCUT2D eigenvalue weighted by molar-refractivity contribution is -0.133. The van der Waals surface area contributed by atoms with Gasteiger partial charge < -0.3 is 15.4 Å². The first-order valence-electron chi connectivity index (χ1n) is 9.91. The van der Waals surface area contributed by atoms with Crippen molar-refractivity contribution in [1.82, 2.24) is 14.8 Å². The standard InChI is InChI=1S/C21H24FN5O2/c22-15-10-19(24)27(12-15)20(28)13-26-8-5-16(6-9-26)29-18-4-7-25-21-14(11-23)2-1-3-17(18)21/h1-4,7,15-16,19H,5-6,8-10,12-13,24H2/t15-,19-/m0/s1. The number of nitriles is 1. The number of nitrogens with zero attached hydrogens (tertiary/aromatic N) is 4. The minimum atomic E-state index is -1.02. The number of halogens is 1. The number of hydrogen-bond acceptors (Lipinski definition) is 6. The fraction of sp³-hybridized carbons (Fsp3) is 0.476. The average Bonchev–Trinajstić information content (AvgIpc) is 3.07. The zero-order valence-corrected chi connectivity index (χ0v) is 16.1. The van der Waals surface area contributed by atoms with Gasteiger partial charge in [0.25, 0.3) is 0 Å². The summed E-state index contributed by atoms with van der Waals surface area (Å²) in [5, 5.41) is 10.1. The van der Waals surface area contributed by atoms with E-state index in [1.54, 1.807) is 12.3 Å². The Morgan fingerprint density at radius 2 is 2.14 bits per heavy atom. The van der Waals surface area contributed by atoms with Gasteiger partial charge in [0.05, 0.1) is 30.3 Å². The summed E-state index contributed by atoms with van der Waals surface area (Å²) in [6, 6.07) is 9.46. The number of piperidine rings is 1. The Balaban J connectivity index is 1.34. The van der Waals surface area contributed by atoms with Crippen molar-refractivity contribution in [2.45, 2.75) is 37.7 Å². The van der Waals surface area contributed by atoms with Crippen molar-refractivity contribution in [2.24, 2.45) is 5.73 Å². The number of carbonyl (C=O) groups is 1. The molecule has 1 amide bonds. The molecule has 8 heteroatoms. The molecule has 2 saturated heterocycles. The van der Waals surface area contributed by atoms with Crippen molar-refractivity contribution in [2.75, 3.05) is 26.2 Å². The maximum absolute atomic E-state index is 13.5. The number of hydrogen-bond donors (Lipinski definition) is 1. The summed E-state index contributed by atoms with van der Waals surface area (Å²) < 4.78 is 19.7. The molecular weight excluding hydrogens is 373 g/mol. The summed E-state index contributed by atoms with van der Waals surface area (Å²) in [6.07, 6.45) is 1.93. The van der Waals surface area contributed by atoms with Crippen molar-refractivity contribution >= 4 is 16.8 Å². The van der Waals surface area contributed by atoms with Gasteiger partial charge in [0.15, 0.2) is 0 Å². The number of benzene rings is 1. The maximum atomic E-state index is 13.5. The Hall–Kier alpha value is -2.76. The molecule has 0 radical (unpaired) electrons. The molecule has 2 fully saturated rings. The third-order valence-electron chi connectivity index (χ3n) is 5.65. The molecule has 0 saturated carbocycles. The van der Waals surface area contributed by atoms with E-state index in [4.69, 9.17) is 10.5 Å². The number of para-hydroxylation sites is 1. The summed E-state index contributed by atoms with van der Waals surface area (Å²) in [5.74, 6) is 0.611. The minimum absolute atomic E-state index is 0.0296. The largest absolute Gasteiger partial charge is 0.490 e. The minimum Gasteiger partial charge on any atom is -0.490 e. The predicted octanol–water partition coefficient (Wildman–Crippen LogP) is 1.80. The number of pyridine rings is 1. The highest BCUT2D eigenvalue weighted by atomic mass is 19.1. The van der Waals surface area contributed by atoms with Crippen LogP contribution in [0.25, 0.3) is 10.9 Å². The molecule has 4 rings (SSSR count). The molecule has 3 heterocycles. The van der Waals surface area contributed by atoms with Gasteiger partial charge in [0, 0.05) is 31.1 Å². The van der Waals surface area contributed by atoms with Gasteiger partial charge >= 0.3 is 0 Å². The van der Waals surface area contributed by atoms with Crippen molar-refractivity contribution < 1.29 is 13.9 Å². The van der Waals surface area contributed by atoms with E-state index >= 15 is 0 Å². The summed E-state index contributed by atoms with van der Waals surface area (Å²) in [5.41, 5.74) is 7.02. The highest BCUT2D eigenvalue weighted by Gasteiger charge is 2.34. The molecule has 0 unspecified atom stereocenters. The van der Waals surface area contributed by atoms with Gasteiger partial charge in [-0.1, -0.05) is 6.07 Å². The number of alkyl halides is 1. The maximum Gasteiger partial charge on any atom is 0.238 e. The fourth-order valence-electron chi connectivity index (χ4n) is 4.09. The molecule has 0 bridgehead atoms. The Kier molecular flexibility index (Phi) is 5.60. The Labute approximate surface area is 168 Å². The van der Waals surface area contributed by atoms with Crippen molar-refractivity contribution in [3.8, 4) is 11.8 Å². The number of aromatic nitrogens is 1. The SMILES string of the molecule is N#Cc1cccc2c(OC3CCN(CC(=O)N4C[C@@H](F)C[C@H]4N)CC3)ccnc12. The molecule has 0 aliphatic carbocycles. The highest BCUT2D eigenvalue weighted by molar-refractivity contribution is 5.89. The monoisotopic (exact) mass is 397 g/mol. The van der Waals surface area contributed by atoms with Crippen molar-refractivity contribution in [1.29, 1.82) is 5.26 Å². The molecule has 2 atom stereocenters. The van der Waals surface area contributed by atoms with Crippen LogP contribution >= 0.6 is 0 Å². The van der Waals surface area contributed by atoms with Gasteiger partial charge in [-0.2, -0.15) is 5.26 Å². The smallest absolute Gasteiger partial charge is 0.238 e. The second-order valence-electron chi connectivity index (χ2n) is 7.66. The van der Waals surface area contributed by atoms with Gasteiger partial charge in [-0.15, -0.1) is 0 Å². The summed E-state index contributed by atoms with van der Waals surface area (Å²) in [7, 11) is 0. The predicted molar refractivity (Wildman–Crippen MR) is 106 cm³/mol. The molecule has 7 nitrogen and oxygen atoms in total. The van der Waals surface area contributed by atoms with Crippen LogP contribution in [-0.2, 0) is 4.79 Å². The first-order valence-corrected chi connectivity index (χ1v) is 9.91. The molecule has 2 N–H and O–H groups in total. The number of ether oxygens (including phenoxy) is 1. The second kappa shape index (κ2) is 8.31. The number of likely N-dealkylation sites (tertiary alicyclic amines) is 2. The van der Waals surface area contributed by atoms with Crippen LogP contribution in [0, 0.1) is 11.3 Å². The normalized spacial score (nSPS) is 23.3. The Morgan fingerprint density at radius 1 is 1.34 bits per heavy atom. The van der Waals surface area contributed by atoms with E-state index < -0.39 is 12.3 Å². The Morgan fingerprint density at radius 3 is 2.83 bits per heavy atom. The number of rotatable bonds is 4. The van der Waals surface area contributed by atoms with Gasteiger partial charge in [-0.05, 0) is 31.0 Å². The van der Waals surface area contributed by atoms with Gasteiger partial charge in [-0.3, -0.25) is 14.7 Å². The van der Waals surface area contributed by atoms with E-state index in [1.165, 1.54) is 4.90 Å². The van der Waals surface area contributed by atoms with Crippen LogP contribution in [0.3, 0.4) is 0 Å². The van der Waals surface area contributed by atoms with E-state index in [2.05, 4.69) is 16.0 Å². The third-order valence-corrected chi connectivity index (χ3v) is 5.65. The van der Waals surface area contributed by atoms with Gasteiger partial charge in [-0.25, -0.2) is 4.39 Å². The molecule has 2 aromatic rings. The number of carbonyl (C=O) groups excluding carboxylic acids is 1. The lowest BCUT2D eigenvalue weighted by Crippen LogP contribution is -2.48. The summed E-state index contributed by atoms with van der Waals surface area (Å²) in [4.78, 5) is 20.2. The van der Waals surface area contributed by atoms with Crippen LogP contribution in [0.15, 0.2) is 30.5 Å². The summed E-state index contributed by atoms with van der Waals surface area (Å²) in [6.45, 7) is 1.81. The van der Waals surface area contributed by atoms with E-state index in [1.807, 2.05) is 18.2 Å². The third kappa shape index (κ3) is 4.16. The van der Waals surface area contributed by atoms with E-state index in [9.17, 15) is 14.4 Å². The second-order valence-corrected chi connectivity index (χ2v) is 7.66. The van der Waals surface area contributed by atoms with E-state index in [0.29, 0.717) is 11.1 Å². The van der Waals surface area contributed by atoms with Crippen LogP contribution in [0.2, 0.25) is 0 Å². The van der Waals surface area contributed by atoms with Crippen molar-refractivity contribution in [3.63, 3.8) is 0 Å². The number of amides is 1. The van der Waals surface area contributed by atoms with E-state index in [0.717, 1.165) is 37.1 Å². The van der Waals surface area contributed by atoms with Gasteiger partial charge in [0.1, 0.15) is 24.1 Å². The van der Waals surface area contributed by atoms with E-state index in [-0.39, 0.29) is 31.5 Å². The van der Waals surface area contributed by atoms with Crippen LogP contribution < -0.4 is 10.5 Å². The first kappa shape index (κ1) is 19.6. The van der Waals surface area contributed by atoms with Crippen molar-refractivity contribution in [3.05, 3.63) is 36.0 Å². The molecule has 152 valence electrons. The summed E-state index contributed by atoms with van der Waals surface area (Å²) >= 11 is 0. The Bertz CT molecular complexity index is 938. The molecule has 0 spiro atoms. The topological polar surface area (TPSA) is 95.5 Å². The van der Waals surface area contributed by atoms with Crippen LogP contribution in [0.1, 0.15) is 24.8 Å².